The zero-order valence-corrected chi connectivity index (χ0v) is 18.9. The molecule has 1 aliphatic rings. The topological polar surface area (TPSA) is 59.2 Å². The molecule has 4 aromatic rings. The molecule has 5 rings (SSSR count). The van der Waals surface area contributed by atoms with Crippen LogP contribution in [-0.4, -0.2) is 37.4 Å². The molecule has 1 saturated heterocycles. The van der Waals surface area contributed by atoms with Crippen molar-refractivity contribution in [1.29, 1.82) is 0 Å². The molecule has 0 radical (unpaired) electrons. The van der Waals surface area contributed by atoms with Gasteiger partial charge in [-0.3, -0.25) is 4.98 Å². The number of anilines is 1. The smallest absolute Gasteiger partial charge is 0.136 e. The molecule has 0 N–H and O–H groups in total. The minimum Gasteiger partial charge on any atom is -0.357 e. The second-order valence-electron chi connectivity index (χ2n) is 8.97. The van der Waals surface area contributed by atoms with Crippen LogP contribution in [0.15, 0.2) is 55.0 Å². The molecular weight excluding hydrogens is 396 g/mol. The first-order valence-electron chi connectivity index (χ1n) is 11.6. The van der Waals surface area contributed by atoms with Crippen LogP contribution in [0.5, 0.6) is 0 Å². The largest absolute Gasteiger partial charge is 0.357 e. The lowest BCUT2D eigenvalue weighted by Crippen LogP contribution is -2.30. The number of fused-ring (bicyclic) bond motifs is 1. The highest BCUT2D eigenvalue weighted by molar-refractivity contribution is 5.45. The van der Waals surface area contributed by atoms with Gasteiger partial charge in [-0.2, -0.15) is 0 Å². The molecule has 0 aliphatic carbocycles. The van der Waals surface area contributed by atoms with Gasteiger partial charge < -0.3 is 9.30 Å². The standard InChI is InChI=1S/C26H30N6/c1-19(2)23-8-6-7-21(28-23)17-24-29-22(18-26(30-24)31-11-4-3-5-12-31)15-20-9-13-32-14-10-27-25(32)16-20/h6-10,13-14,16,18-19H,3-5,11-12,15,17H2,1-2H3. The third kappa shape index (κ3) is 4.64. The quantitative estimate of drug-likeness (QED) is 0.443. The minimum atomic E-state index is 0.406. The predicted molar refractivity (Wildman–Crippen MR) is 127 cm³/mol. The van der Waals surface area contributed by atoms with Gasteiger partial charge in [-0.05, 0) is 55.0 Å². The number of hydrogen-bond donors (Lipinski definition) is 0. The predicted octanol–water partition coefficient (Wildman–Crippen LogP) is 4.81. The van der Waals surface area contributed by atoms with Gasteiger partial charge in [0.25, 0.3) is 0 Å². The fraction of sp³-hybridized carbons (Fsp3) is 0.385. The molecular formula is C26H30N6. The van der Waals surface area contributed by atoms with E-state index in [1.807, 2.05) is 16.8 Å². The van der Waals surface area contributed by atoms with E-state index in [1.54, 1.807) is 0 Å². The molecule has 0 bridgehead atoms. The Bertz CT molecular complexity index is 1210. The van der Waals surface area contributed by atoms with E-state index in [2.05, 4.69) is 66.3 Å². The Labute approximate surface area is 189 Å². The van der Waals surface area contributed by atoms with Gasteiger partial charge >= 0.3 is 0 Å². The summed E-state index contributed by atoms with van der Waals surface area (Å²) in [5.74, 6) is 2.30. The van der Waals surface area contributed by atoms with E-state index in [0.717, 1.165) is 53.9 Å². The molecule has 0 spiro atoms. The molecule has 0 aromatic carbocycles. The van der Waals surface area contributed by atoms with E-state index in [0.29, 0.717) is 12.3 Å². The number of hydrogen-bond acceptors (Lipinski definition) is 5. The second-order valence-corrected chi connectivity index (χ2v) is 8.97. The van der Waals surface area contributed by atoms with Gasteiger partial charge in [0, 0.05) is 55.6 Å². The molecule has 32 heavy (non-hydrogen) atoms. The Morgan fingerprint density at radius 2 is 1.75 bits per heavy atom. The summed E-state index contributed by atoms with van der Waals surface area (Å²) in [6.45, 7) is 6.48. The normalized spacial score (nSPS) is 14.4. The molecule has 6 heteroatoms. The van der Waals surface area contributed by atoms with Crippen LogP contribution in [0.4, 0.5) is 5.82 Å². The third-order valence-corrected chi connectivity index (χ3v) is 6.10. The highest BCUT2D eigenvalue weighted by Gasteiger charge is 2.16. The first kappa shape index (κ1) is 20.6. The number of pyridine rings is 2. The maximum atomic E-state index is 4.97. The molecule has 4 aromatic heterocycles. The van der Waals surface area contributed by atoms with E-state index >= 15 is 0 Å². The summed E-state index contributed by atoms with van der Waals surface area (Å²) in [6, 6.07) is 12.7. The van der Waals surface area contributed by atoms with Gasteiger partial charge in [0.15, 0.2) is 0 Å². The van der Waals surface area contributed by atoms with Gasteiger partial charge in [-0.25, -0.2) is 15.0 Å². The van der Waals surface area contributed by atoms with Gasteiger partial charge in [0.1, 0.15) is 17.3 Å². The third-order valence-electron chi connectivity index (χ3n) is 6.10. The highest BCUT2D eigenvalue weighted by Crippen LogP contribution is 2.21. The number of aromatic nitrogens is 5. The Balaban J connectivity index is 1.47. The van der Waals surface area contributed by atoms with E-state index in [1.165, 1.54) is 24.8 Å². The van der Waals surface area contributed by atoms with Crippen molar-refractivity contribution in [1.82, 2.24) is 24.3 Å². The first-order valence-corrected chi connectivity index (χ1v) is 11.6. The molecule has 6 nitrogen and oxygen atoms in total. The fourth-order valence-corrected chi connectivity index (χ4v) is 4.34. The zero-order chi connectivity index (χ0) is 21.9. The van der Waals surface area contributed by atoms with Crippen LogP contribution in [0.3, 0.4) is 0 Å². The summed E-state index contributed by atoms with van der Waals surface area (Å²) in [6.07, 6.45) is 11.0. The molecule has 5 heterocycles. The lowest BCUT2D eigenvalue weighted by Gasteiger charge is -2.28. The summed E-state index contributed by atoms with van der Waals surface area (Å²) in [5, 5.41) is 0. The minimum absolute atomic E-state index is 0.406. The average molecular weight is 427 g/mol. The Hall–Kier alpha value is -3.28. The number of imidazole rings is 1. The van der Waals surface area contributed by atoms with Crippen LogP contribution in [0.2, 0.25) is 0 Å². The molecule has 0 saturated carbocycles. The van der Waals surface area contributed by atoms with Crippen LogP contribution in [0, 0.1) is 0 Å². The van der Waals surface area contributed by atoms with Gasteiger partial charge in [-0.1, -0.05) is 19.9 Å². The molecule has 1 aliphatic heterocycles. The summed E-state index contributed by atoms with van der Waals surface area (Å²) in [5.41, 5.74) is 5.35. The molecule has 0 atom stereocenters. The SMILES string of the molecule is CC(C)c1cccc(Cc2nc(Cc3ccn4ccnc4c3)cc(N3CCCCC3)n2)n1. The van der Waals surface area contributed by atoms with E-state index in [-0.39, 0.29) is 0 Å². The lowest BCUT2D eigenvalue weighted by atomic mass is 10.1. The van der Waals surface area contributed by atoms with Crippen LogP contribution in [-0.2, 0) is 12.8 Å². The number of piperidine rings is 1. The maximum Gasteiger partial charge on any atom is 0.136 e. The van der Waals surface area contributed by atoms with Crippen LogP contribution in [0.1, 0.15) is 67.5 Å². The fourth-order valence-electron chi connectivity index (χ4n) is 4.34. The summed E-state index contributed by atoms with van der Waals surface area (Å²) < 4.78 is 2.03. The van der Waals surface area contributed by atoms with Crippen molar-refractivity contribution in [3.63, 3.8) is 0 Å². The van der Waals surface area contributed by atoms with Crippen molar-refractivity contribution < 1.29 is 0 Å². The second kappa shape index (κ2) is 9.07. The van der Waals surface area contributed by atoms with Crippen molar-refractivity contribution in [3.05, 3.63) is 83.5 Å². The van der Waals surface area contributed by atoms with E-state index in [4.69, 9.17) is 15.0 Å². The van der Waals surface area contributed by atoms with Gasteiger partial charge in [-0.15, -0.1) is 0 Å². The summed E-state index contributed by atoms with van der Waals surface area (Å²) in [4.78, 5) is 21.6. The molecule has 164 valence electrons. The number of rotatable bonds is 6. The Kier molecular flexibility index (Phi) is 5.84. The van der Waals surface area contributed by atoms with Crippen molar-refractivity contribution in [2.75, 3.05) is 18.0 Å². The molecule has 0 amide bonds. The summed E-state index contributed by atoms with van der Waals surface area (Å²) in [7, 11) is 0. The monoisotopic (exact) mass is 426 g/mol. The van der Waals surface area contributed by atoms with E-state index < -0.39 is 0 Å². The zero-order valence-electron chi connectivity index (χ0n) is 18.9. The molecule has 1 fully saturated rings. The highest BCUT2D eigenvalue weighted by atomic mass is 15.2. The van der Waals surface area contributed by atoms with Gasteiger partial charge in [0.05, 0.1) is 12.1 Å². The maximum absolute atomic E-state index is 4.97. The van der Waals surface area contributed by atoms with Crippen molar-refractivity contribution >= 4 is 11.5 Å². The van der Waals surface area contributed by atoms with Crippen molar-refractivity contribution in [3.8, 4) is 0 Å². The van der Waals surface area contributed by atoms with Crippen LogP contribution >= 0.6 is 0 Å². The van der Waals surface area contributed by atoms with E-state index in [9.17, 15) is 0 Å². The van der Waals surface area contributed by atoms with Gasteiger partial charge in [0.2, 0.25) is 0 Å². The molecule has 0 unspecified atom stereocenters. The number of nitrogens with zero attached hydrogens (tertiary/aromatic N) is 6. The Morgan fingerprint density at radius 3 is 2.59 bits per heavy atom. The van der Waals surface area contributed by atoms with Crippen molar-refractivity contribution in [2.24, 2.45) is 0 Å². The Morgan fingerprint density at radius 1 is 0.875 bits per heavy atom. The first-order chi connectivity index (χ1) is 15.6. The van der Waals surface area contributed by atoms with Crippen LogP contribution in [0.25, 0.3) is 5.65 Å². The van der Waals surface area contributed by atoms with Crippen LogP contribution < -0.4 is 4.90 Å². The average Bonchev–Trinajstić information content (AvgIpc) is 3.28. The van der Waals surface area contributed by atoms with Crippen molar-refractivity contribution in [2.45, 2.75) is 51.9 Å². The summed E-state index contributed by atoms with van der Waals surface area (Å²) >= 11 is 0. The lowest BCUT2D eigenvalue weighted by molar-refractivity contribution is 0.571.